The third-order valence-corrected chi connectivity index (χ3v) is 4.62. The van der Waals surface area contributed by atoms with Gasteiger partial charge in [0.2, 0.25) is 10.0 Å². The number of nitrogens with two attached hydrogens (primary N) is 1. The standard InChI is InChI=1S/C12H20N2O4S/c1-3-12(16,4-2)8-14-19(17,18)9-5-6-11(15)10(13)7-9/h5-7,14-16H,3-4,8,13H2,1-2H3. The van der Waals surface area contributed by atoms with Crippen molar-refractivity contribution in [2.75, 3.05) is 12.3 Å². The molecule has 0 fully saturated rings. The zero-order valence-electron chi connectivity index (χ0n) is 11.0. The molecule has 0 heterocycles. The molecule has 0 radical (unpaired) electrons. The molecule has 0 aliphatic heterocycles. The number of rotatable bonds is 6. The van der Waals surface area contributed by atoms with Gasteiger partial charge in [0.05, 0.1) is 16.2 Å². The van der Waals surface area contributed by atoms with Crippen LogP contribution >= 0.6 is 0 Å². The van der Waals surface area contributed by atoms with E-state index in [0.29, 0.717) is 12.8 Å². The minimum Gasteiger partial charge on any atom is -0.506 e. The van der Waals surface area contributed by atoms with E-state index in [2.05, 4.69) is 4.72 Å². The Morgan fingerprint density at radius 1 is 1.32 bits per heavy atom. The van der Waals surface area contributed by atoms with E-state index in [1.54, 1.807) is 13.8 Å². The topological polar surface area (TPSA) is 113 Å². The maximum absolute atomic E-state index is 12.0. The second-order valence-corrected chi connectivity index (χ2v) is 6.24. The van der Waals surface area contributed by atoms with Gasteiger partial charge in [-0.25, -0.2) is 13.1 Å². The Hall–Kier alpha value is -1.31. The number of phenolic OH excluding ortho intramolecular Hbond substituents is 1. The lowest BCUT2D eigenvalue weighted by molar-refractivity contribution is 0.0377. The van der Waals surface area contributed by atoms with Crippen molar-refractivity contribution in [3.05, 3.63) is 18.2 Å². The lowest BCUT2D eigenvalue weighted by atomic mass is 9.98. The summed E-state index contributed by atoms with van der Waals surface area (Å²) in [7, 11) is -3.75. The van der Waals surface area contributed by atoms with Crippen LogP contribution in [-0.4, -0.2) is 30.8 Å². The number of hydrogen-bond donors (Lipinski definition) is 4. The fourth-order valence-corrected chi connectivity index (χ4v) is 2.67. The molecule has 0 unspecified atom stereocenters. The van der Waals surface area contributed by atoms with Gasteiger partial charge >= 0.3 is 0 Å². The number of benzene rings is 1. The molecule has 19 heavy (non-hydrogen) atoms. The molecule has 1 aromatic rings. The number of aromatic hydroxyl groups is 1. The molecule has 108 valence electrons. The Morgan fingerprint density at radius 3 is 2.37 bits per heavy atom. The molecule has 0 aliphatic carbocycles. The first kappa shape index (κ1) is 15.7. The van der Waals surface area contributed by atoms with Gasteiger partial charge in [0.1, 0.15) is 5.75 Å². The maximum Gasteiger partial charge on any atom is 0.240 e. The highest BCUT2D eigenvalue weighted by molar-refractivity contribution is 7.89. The minimum atomic E-state index is -3.75. The number of nitrogen functional groups attached to an aromatic ring is 1. The number of sulfonamides is 1. The van der Waals surface area contributed by atoms with Crippen LogP contribution in [0.15, 0.2) is 23.1 Å². The number of hydrogen-bond acceptors (Lipinski definition) is 5. The first-order valence-corrected chi connectivity index (χ1v) is 7.53. The smallest absolute Gasteiger partial charge is 0.240 e. The van der Waals surface area contributed by atoms with Crippen LogP contribution in [0.25, 0.3) is 0 Å². The zero-order valence-corrected chi connectivity index (χ0v) is 11.9. The van der Waals surface area contributed by atoms with E-state index in [-0.39, 0.29) is 22.9 Å². The number of aliphatic hydroxyl groups is 1. The van der Waals surface area contributed by atoms with Crippen LogP contribution in [0.4, 0.5) is 5.69 Å². The molecule has 0 bridgehead atoms. The Labute approximate surface area is 113 Å². The molecule has 1 aromatic carbocycles. The maximum atomic E-state index is 12.0. The van der Waals surface area contributed by atoms with Crippen molar-refractivity contribution >= 4 is 15.7 Å². The predicted octanol–water partition coefficient (Wildman–Crippen LogP) is 0.804. The van der Waals surface area contributed by atoms with Gasteiger partial charge in [-0.15, -0.1) is 0 Å². The van der Waals surface area contributed by atoms with Gasteiger partial charge in [-0.1, -0.05) is 13.8 Å². The number of anilines is 1. The van der Waals surface area contributed by atoms with Gasteiger partial charge in [0, 0.05) is 6.54 Å². The summed E-state index contributed by atoms with van der Waals surface area (Å²) in [6.07, 6.45) is 0.896. The highest BCUT2D eigenvalue weighted by Crippen LogP contribution is 2.23. The minimum absolute atomic E-state index is 0.0101. The normalized spacial score (nSPS) is 12.6. The Kier molecular flexibility index (Phi) is 4.78. The Bertz CT molecular complexity index is 539. The quantitative estimate of drug-likeness (QED) is 0.457. The summed E-state index contributed by atoms with van der Waals surface area (Å²) in [5.41, 5.74) is 4.39. The molecule has 6 nitrogen and oxygen atoms in total. The first-order chi connectivity index (χ1) is 8.74. The molecule has 0 aromatic heterocycles. The third-order valence-electron chi connectivity index (χ3n) is 3.22. The van der Waals surface area contributed by atoms with Crippen LogP contribution in [0.3, 0.4) is 0 Å². The van der Waals surface area contributed by atoms with Gasteiger partial charge < -0.3 is 15.9 Å². The van der Waals surface area contributed by atoms with Crippen molar-refractivity contribution in [3.8, 4) is 5.75 Å². The average molecular weight is 288 g/mol. The van der Waals surface area contributed by atoms with Gasteiger partial charge in [0.25, 0.3) is 0 Å². The fourth-order valence-electron chi connectivity index (χ4n) is 1.51. The Morgan fingerprint density at radius 2 is 1.89 bits per heavy atom. The van der Waals surface area contributed by atoms with Gasteiger partial charge in [-0.05, 0) is 31.0 Å². The molecule has 7 heteroatoms. The van der Waals surface area contributed by atoms with Crippen LogP contribution in [0.2, 0.25) is 0 Å². The molecule has 0 atom stereocenters. The summed E-state index contributed by atoms with van der Waals surface area (Å²) in [6, 6.07) is 3.65. The molecule has 0 spiro atoms. The summed E-state index contributed by atoms with van der Waals surface area (Å²) in [4.78, 5) is -0.0441. The van der Waals surface area contributed by atoms with Gasteiger partial charge in [-0.3, -0.25) is 0 Å². The van der Waals surface area contributed by atoms with E-state index in [0.717, 1.165) is 0 Å². The number of nitrogens with one attached hydrogen (secondary N) is 1. The van der Waals surface area contributed by atoms with Crippen molar-refractivity contribution in [3.63, 3.8) is 0 Å². The van der Waals surface area contributed by atoms with Gasteiger partial charge in [-0.2, -0.15) is 0 Å². The summed E-state index contributed by atoms with van der Waals surface area (Å²) in [5.74, 6) is -0.169. The van der Waals surface area contributed by atoms with Crippen molar-refractivity contribution < 1.29 is 18.6 Å². The molecule has 1 rings (SSSR count). The second-order valence-electron chi connectivity index (χ2n) is 4.48. The van der Waals surface area contributed by atoms with E-state index in [9.17, 15) is 18.6 Å². The van der Waals surface area contributed by atoms with Crippen LogP contribution < -0.4 is 10.5 Å². The van der Waals surface area contributed by atoms with E-state index in [1.165, 1.54) is 18.2 Å². The fraction of sp³-hybridized carbons (Fsp3) is 0.500. The van der Waals surface area contributed by atoms with E-state index in [4.69, 9.17) is 5.73 Å². The monoisotopic (exact) mass is 288 g/mol. The summed E-state index contributed by atoms with van der Waals surface area (Å²) in [6.45, 7) is 3.51. The SMILES string of the molecule is CCC(O)(CC)CNS(=O)(=O)c1ccc(O)c(N)c1. The van der Waals surface area contributed by atoms with E-state index >= 15 is 0 Å². The average Bonchev–Trinajstić information content (AvgIpc) is 2.39. The molecule has 5 N–H and O–H groups in total. The molecule has 0 aliphatic rings. The molecular formula is C12H20N2O4S. The molecule has 0 saturated heterocycles. The summed E-state index contributed by atoms with van der Waals surface area (Å²) >= 11 is 0. The largest absolute Gasteiger partial charge is 0.506 e. The lowest BCUT2D eigenvalue weighted by Crippen LogP contribution is -2.41. The van der Waals surface area contributed by atoms with E-state index < -0.39 is 15.6 Å². The summed E-state index contributed by atoms with van der Waals surface area (Å²) in [5, 5.41) is 19.3. The van der Waals surface area contributed by atoms with Gasteiger partial charge in [0.15, 0.2) is 0 Å². The second kappa shape index (κ2) is 5.77. The van der Waals surface area contributed by atoms with Crippen LogP contribution in [-0.2, 0) is 10.0 Å². The van der Waals surface area contributed by atoms with Crippen molar-refractivity contribution in [1.29, 1.82) is 0 Å². The van der Waals surface area contributed by atoms with Crippen molar-refractivity contribution in [2.45, 2.75) is 37.2 Å². The predicted molar refractivity (Wildman–Crippen MR) is 73.2 cm³/mol. The zero-order chi connectivity index (χ0) is 14.7. The summed E-state index contributed by atoms with van der Waals surface area (Å²) < 4.78 is 26.4. The lowest BCUT2D eigenvalue weighted by Gasteiger charge is -2.25. The molecule has 0 amide bonds. The van der Waals surface area contributed by atoms with Crippen molar-refractivity contribution in [1.82, 2.24) is 4.72 Å². The van der Waals surface area contributed by atoms with E-state index in [1.807, 2.05) is 0 Å². The molecule has 0 saturated carbocycles. The van der Waals surface area contributed by atoms with Crippen LogP contribution in [0.1, 0.15) is 26.7 Å². The third kappa shape index (κ3) is 3.82. The highest BCUT2D eigenvalue weighted by Gasteiger charge is 2.25. The van der Waals surface area contributed by atoms with Crippen LogP contribution in [0, 0.1) is 0 Å². The Balaban J connectivity index is 2.90. The first-order valence-electron chi connectivity index (χ1n) is 6.04. The molecular weight excluding hydrogens is 268 g/mol. The van der Waals surface area contributed by atoms with Crippen LogP contribution in [0.5, 0.6) is 5.75 Å². The van der Waals surface area contributed by atoms with Crippen molar-refractivity contribution in [2.24, 2.45) is 0 Å². The number of phenols is 1. The highest BCUT2D eigenvalue weighted by atomic mass is 32.2.